The zero-order valence-corrected chi connectivity index (χ0v) is 14.5. The van der Waals surface area contributed by atoms with Crippen molar-refractivity contribution in [2.75, 3.05) is 30.4 Å². The van der Waals surface area contributed by atoms with Crippen LogP contribution >= 0.6 is 0 Å². The van der Waals surface area contributed by atoms with Gasteiger partial charge in [0.25, 0.3) is 0 Å². The molecule has 0 bridgehead atoms. The Kier molecular flexibility index (Phi) is 5.95. The Morgan fingerprint density at radius 2 is 2.12 bits per heavy atom. The van der Waals surface area contributed by atoms with Gasteiger partial charge < -0.3 is 15.1 Å². The Bertz CT molecular complexity index is 630. The molecule has 1 aromatic rings. The Morgan fingerprint density at radius 1 is 1.38 bits per heavy atom. The van der Waals surface area contributed by atoms with Gasteiger partial charge in [-0.1, -0.05) is 19.4 Å². The van der Waals surface area contributed by atoms with Gasteiger partial charge in [0, 0.05) is 44.9 Å². The summed E-state index contributed by atoms with van der Waals surface area (Å²) in [6, 6.07) is 7.13. The van der Waals surface area contributed by atoms with Crippen LogP contribution in [0.25, 0.3) is 0 Å². The maximum absolute atomic E-state index is 12.5. The average Bonchev–Trinajstić information content (AvgIpc) is 2.93. The van der Waals surface area contributed by atoms with Crippen LogP contribution in [0.2, 0.25) is 0 Å². The van der Waals surface area contributed by atoms with Gasteiger partial charge in [0.2, 0.25) is 17.7 Å². The van der Waals surface area contributed by atoms with Gasteiger partial charge in [0.15, 0.2) is 0 Å². The summed E-state index contributed by atoms with van der Waals surface area (Å²) < 4.78 is 0. The SMILES string of the molecule is CCCCN(C)C(=O)C1CC(=O)N(c2cccc(NC(C)=O)c2)C1. The molecule has 0 aliphatic carbocycles. The minimum Gasteiger partial charge on any atom is -0.345 e. The van der Waals surface area contributed by atoms with Crippen LogP contribution in [0.4, 0.5) is 11.4 Å². The Labute approximate surface area is 142 Å². The summed E-state index contributed by atoms with van der Waals surface area (Å²) in [5.41, 5.74) is 1.35. The number of amides is 3. The molecule has 0 radical (unpaired) electrons. The summed E-state index contributed by atoms with van der Waals surface area (Å²) in [4.78, 5) is 39.3. The van der Waals surface area contributed by atoms with Crippen molar-refractivity contribution in [1.29, 1.82) is 0 Å². The van der Waals surface area contributed by atoms with Gasteiger partial charge in [-0.05, 0) is 24.6 Å². The predicted octanol–water partition coefficient (Wildman–Crippen LogP) is 2.26. The van der Waals surface area contributed by atoms with Crippen molar-refractivity contribution in [3.63, 3.8) is 0 Å². The lowest BCUT2D eigenvalue weighted by Gasteiger charge is -2.21. The third-order valence-electron chi connectivity index (χ3n) is 4.18. The molecule has 1 aliphatic heterocycles. The van der Waals surface area contributed by atoms with E-state index in [0.29, 0.717) is 17.9 Å². The molecular formula is C18H25N3O3. The molecule has 0 spiro atoms. The van der Waals surface area contributed by atoms with E-state index < -0.39 is 0 Å². The van der Waals surface area contributed by atoms with Gasteiger partial charge >= 0.3 is 0 Å². The number of nitrogens with zero attached hydrogens (tertiary/aromatic N) is 2. The topological polar surface area (TPSA) is 69.7 Å². The smallest absolute Gasteiger partial charge is 0.227 e. The molecule has 1 heterocycles. The number of benzene rings is 1. The number of hydrogen-bond acceptors (Lipinski definition) is 3. The highest BCUT2D eigenvalue weighted by molar-refractivity contribution is 6.01. The largest absolute Gasteiger partial charge is 0.345 e. The van der Waals surface area contributed by atoms with Crippen LogP contribution in [0.5, 0.6) is 0 Å². The first kappa shape index (κ1) is 18.0. The van der Waals surface area contributed by atoms with E-state index in [4.69, 9.17) is 0 Å². The molecule has 2 rings (SSSR count). The van der Waals surface area contributed by atoms with Gasteiger partial charge in [0.05, 0.1) is 5.92 Å². The van der Waals surface area contributed by atoms with Gasteiger partial charge in [0.1, 0.15) is 0 Å². The molecule has 1 saturated heterocycles. The quantitative estimate of drug-likeness (QED) is 0.869. The summed E-state index contributed by atoms with van der Waals surface area (Å²) in [6.07, 6.45) is 2.23. The number of hydrogen-bond donors (Lipinski definition) is 1. The molecule has 3 amide bonds. The van der Waals surface area contributed by atoms with Crippen molar-refractivity contribution >= 4 is 29.1 Å². The van der Waals surface area contributed by atoms with Gasteiger partial charge in [-0.25, -0.2) is 0 Å². The van der Waals surface area contributed by atoms with Crippen LogP contribution in [0.1, 0.15) is 33.1 Å². The van der Waals surface area contributed by atoms with Gasteiger partial charge in [-0.3, -0.25) is 14.4 Å². The molecule has 130 valence electrons. The number of nitrogens with one attached hydrogen (secondary N) is 1. The van der Waals surface area contributed by atoms with E-state index in [0.717, 1.165) is 19.4 Å². The lowest BCUT2D eigenvalue weighted by molar-refractivity contribution is -0.134. The summed E-state index contributed by atoms with van der Waals surface area (Å²) in [7, 11) is 1.79. The second-order valence-electron chi connectivity index (χ2n) is 6.25. The fourth-order valence-corrected chi connectivity index (χ4v) is 2.89. The summed E-state index contributed by atoms with van der Waals surface area (Å²) >= 11 is 0. The van der Waals surface area contributed by atoms with E-state index in [-0.39, 0.29) is 30.1 Å². The summed E-state index contributed by atoms with van der Waals surface area (Å²) in [5, 5.41) is 2.71. The molecule has 0 saturated carbocycles. The summed E-state index contributed by atoms with van der Waals surface area (Å²) in [5.74, 6) is -0.496. The molecular weight excluding hydrogens is 306 g/mol. The van der Waals surface area contributed by atoms with Crippen LogP contribution in [-0.2, 0) is 14.4 Å². The number of anilines is 2. The van der Waals surface area contributed by atoms with E-state index in [1.807, 2.05) is 6.07 Å². The highest BCUT2D eigenvalue weighted by Crippen LogP contribution is 2.28. The fraction of sp³-hybridized carbons (Fsp3) is 0.500. The van der Waals surface area contributed by atoms with Crippen molar-refractivity contribution in [3.05, 3.63) is 24.3 Å². The molecule has 6 heteroatoms. The number of rotatable bonds is 6. The van der Waals surface area contributed by atoms with Crippen LogP contribution in [0, 0.1) is 5.92 Å². The Balaban J connectivity index is 2.07. The fourth-order valence-electron chi connectivity index (χ4n) is 2.89. The van der Waals surface area contributed by atoms with E-state index in [1.54, 1.807) is 35.0 Å². The maximum atomic E-state index is 12.5. The number of carbonyl (C=O) groups is 3. The van der Waals surface area contributed by atoms with Crippen molar-refractivity contribution < 1.29 is 14.4 Å². The lowest BCUT2D eigenvalue weighted by Crippen LogP contribution is -2.35. The monoisotopic (exact) mass is 331 g/mol. The van der Waals surface area contributed by atoms with Crippen molar-refractivity contribution in [1.82, 2.24) is 4.90 Å². The standard InChI is InChI=1S/C18H25N3O3/c1-4-5-9-20(3)18(24)14-10-17(23)21(12-14)16-8-6-7-15(11-16)19-13(2)22/h6-8,11,14H,4-5,9-10,12H2,1-3H3,(H,19,22). The van der Waals surface area contributed by atoms with E-state index in [1.165, 1.54) is 6.92 Å². The van der Waals surface area contributed by atoms with Crippen molar-refractivity contribution in [2.24, 2.45) is 5.92 Å². The van der Waals surface area contributed by atoms with E-state index in [2.05, 4.69) is 12.2 Å². The predicted molar refractivity (Wildman–Crippen MR) is 93.8 cm³/mol. The second kappa shape index (κ2) is 7.95. The molecule has 1 fully saturated rings. The zero-order chi connectivity index (χ0) is 17.7. The zero-order valence-electron chi connectivity index (χ0n) is 14.5. The minimum atomic E-state index is -0.302. The summed E-state index contributed by atoms with van der Waals surface area (Å²) in [6.45, 7) is 4.63. The average molecular weight is 331 g/mol. The molecule has 0 aromatic heterocycles. The van der Waals surface area contributed by atoms with Crippen molar-refractivity contribution in [3.8, 4) is 0 Å². The highest BCUT2D eigenvalue weighted by atomic mass is 16.2. The van der Waals surface area contributed by atoms with Crippen LogP contribution in [-0.4, -0.2) is 42.8 Å². The van der Waals surface area contributed by atoms with Crippen LogP contribution < -0.4 is 10.2 Å². The normalized spacial score (nSPS) is 17.0. The second-order valence-corrected chi connectivity index (χ2v) is 6.25. The third kappa shape index (κ3) is 4.34. The number of carbonyl (C=O) groups excluding carboxylic acids is 3. The lowest BCUT2D eigenvalue weighted by atomic mass is 10.1. The third-order valence-corrected chi connectivity index (χ3v) is 4.18. The molecule has 1 unspecified atom stereocenters. The highest BCUT2D eigenvalue weighted by Gasteiger charge is 2.36. The van der Waals surface area contributed by atoms with E-state index in [9.17, 15) is 14.4 Å². The molecule has 1 aliphatic rings. The first-order chi connectivity index (χ1) is 11.4. The van der Waals surface area contributed by atoms with Gasteiger partial charge in [-0.2, -0.15) is 0 Å². The van der Waals surface area contributed by atoms with Crippen LogP contribution in [0.3, 0.4) is 0 Å². The molecule has 1 atom stereocenters. The maximum Gasteiger partial charge on any atom is 0.227 e. The Morgan fingerprint density at radius 3 is 2.79 bits per heavy atom. The van der Waals surface area contributed by atoms with Crippen molar-refractivity contribution in [2.45, 2.75) is 33.1 Å². The Hall–Kier alpha value is -2.37. The van der Waals surface area contributed by atoms with Crippen LogP contribution in [0.15, 0.2) is 24.3 Å². The molecule has 24 heavy (non-hydrogen) atoms. The molecule has 6 nitrogen and oxygen atoms in total. The van der Waals surface area contributed by atoms with E-state index >= 15 is 0 Å². The minimum absolute atomic E-state index is 0.0253. The number of unbranched alkanes of at least 4 members (excludes halogenated alkanes) is 1. The molecule has 1 N–H and O–H groups in total. The first-order valence-electron chi connectivity index (χ1n) is 8.35. The first-order valence-corrected chi connectivity index (χ1v) is 8.35. The molecule has 1 aromatic carbocycles. The van der Waals surface area contributed by atoms with Gasteiger partial charge in [-0.15, -0.1) is 0 Å².